The summed E-state index contributed by atoms with van der Waals surface area (Å²) in [6.07, 6.45) is 3.45. The number of nitrogens with zero attached hydrogens (tertiary/aromatic N) is 2. The van der Waals surface area contributed by atoms with Gasteiger partial charge in [-0.1, -0.05) is 0 Å². The first-order chi connectivity index (χ1) is 15.0. The van der Waals surface area contributed by atoms with Gasteiger partial charge in [-0.05, 0) is 55.3 Å². The lowest BCUT2D eigenvalue weighted by molar-refractivity contribution is 0.0675. The molecule has 1 N–H and O–H groups in total. The number of rotatable bonds is 3. The number of likely N-dealkylation sites (tertiary alicyclic amines) is 1. The van der Waals surface area contributed by atoms with Crippen LogP contribution in [0, 0.1) is 5.82 Å². The average Bonchev–Trinajstić information content (AvgIpc) is 3.30. The molecule has 0 aliphatic carbocycles. The first kappa shape index (κ1) is 19.5. The number of nitrogens with one attached hydrogen (secondary N) is 1. The molecule has 7 heteroatoms. The van der Waals surface area contributed by atoms with Crippen molar-refractivity contribution in [1.82, 2.24) is 9.47 Å². The van der Waals surface area contributed by atoms with E-state index in [2.05, 4.69) is 16.0 Å². The fraction of sp³-hybridized carbons (Fsp3) is 0.292. The molecule has 1 fully saturated rings. The van der Waals surface area contributed by atoms with E-state index in [1.54, 1.807) is 44.6 Å². The van der Waals surface area contributed by atoms with Gasteiger partial charge in [0.2, 0.25) is 0 Å². The van der Waals surface area contributed by atoms with Gasteiger partial charge in [-0.15, -0.1) is 0 Å². The van der Waals surface area contributed by atoms with Crippen LogP contribution in [0.5, 0.6) is 11.5 Å². The maximum atomic E-state index is 13.9. The van der Waals surface area contributed by atoms with Gasteiger partial charge in [0.25, 0.3) is 5.91 Å². The summed E-state index contributed by atoms with van der Waals surface area (Å²) in [5.74, 6) is 0.851. The Balaban J connectivity index is 1.40. The highest BCUT2D eigenvalue weighted by atomic mass is 19.1. The number of carbonyl (C=O) groups is 1. The van der Waals surface area contributed by atoms with Crippen LogP contribution in [0.2, 0.25) is 0 Å². The van der Waals surface area contributed by atoms with Crippen LogP contribution >= 0.6 is 0 Å². The molecule has 2 aromatic carbocycles. The Kier molecular flexibility index (Phi) is 4.61. The summed E-state index contributed by atoms with van der Waals surface area (Å²) < 4.78 is 26.6. The van der Waals surface area contributed by atoms with E-state index >= 15 is 0 Å². The number of hydrogen-bond acceptors (Lipinski definition) is 4. The molecular weight excluding hydrogens is 397 g/mol. The third kappa shape index (κ3) is 3.21. The number of methoxy groups -OCH3 is 2. The molecule has 31 heavy (non-hydrogen) atoms. The normalized spacial score (nSPS) is 16.3. The topological polar surface area (TPSA) is 55.7 Å². The molecule has 5 rings (SSSR count). The number of carbonyl (C=O) groups excluding carboxylic acids is 1. The van der Waals surface area contributed by atoms with Crippen LogP contribution in [-0.4, -0.2) is 42.7 Å². The first-order valence-corrected chi connectivity index (χ1v) is 10.3. The van der Waals surface area contributed by atoms with Crippen LogP contribution in [0.15, 0.2) is 54.7 Å². The van der Waals surface area contributed by atoms with Crippen LogP contribution in [-0.2, 0) is 5.54 Å². The minimum atomic E-state index is -0.340. The van der Waals surface area contributed by atoms with Crippen molar-refractivity contribution in [3.63, 3.8) is 0 Å². The molecule has 1 spiro atoms. The molecule has 160 valence electrons. The highest BCUT2D eigenvalue weighted by Crippen LogP contribution is 2.43. The molecule has 0 atom stereocenters. The Morgan fingerprint density at radius 2 is 1.74 bits per heavy atom. The second-order valence-electron chi connectivity index (χ2n) is 8.03. The van der Waals surface area contributed by atoms with Gasteiger partial charge in [0.05, 0.1) is 31.1 Å². The number of piperidine rings is 1. The first-order valence-electron chi connectivity index (χ1n) is 10.3. The predicted octanol–water partition coefficient (Wildman–Crippen LogP) is 4.19. The Morgan fingerprint density at radius 1 is 1.03 bits per heavy atom. The van der Waals surface area contributed by atoms with Crippen LogP contribution in [0.25, 0.3) is 5.69 Å². The number of fused-ring (bicyclic) bond motifs is 4. The van der Waals surface area contributed by atoms with E-state index in [9.17, 15) is 9.18 Å². The summed E-state index contributed by atoms with van der Waals surface area (Å²) in [7, 11) is 3.14. The SMILES string of the molecule is COc1cc(OC)cc(C(=O)N2CCC3(CC2)Nc2cc(F)ccc2-n2cccc23)c1. The average molecular weight is 421 g/mol. The zero-order valence-electron chi connectivity index (χ0n) is 17.5. The standard InChI is InChI=1S/C24H24FN3O3/c1-30-18-12-16(13-19(15-18)31-2)23(29)27-10-7-24(8-11-27)22-4-3-9-28(22)21-6-5-17(25)14-20(21)26-24/h3-6,9,12-15,26H,7-8,10-11H2,1-2H3. The van der Waals surface area contributed by atoms with Gasteiger partial charge in [0, 0.05) is 36.6 Å². The number of hydrogen-bond donors (Lipinski definition) is 1. The maximum absolute atomic E-state index is 13.9. The van der Waals surface area contributed by atoms with E-state index in [0.29, 0.717) is 30.2 Å². The monoisotopic (exact) mass is 421 g/mol. The summed E-state index contributed by atoms with van der Waals surface area (Å²) in [5, 5.41) is 3.59. The number of aromatic nitrogens is 1. The lowest BCUT2D eigenvalue weighted by atomic mass is 9.82. The minimum Gasteiger partial charge on any atom is -0.497 e. The number of amides is 1. The zero-order chi connectivity index (χ0) is 21.6. The van der Waals surface area contributed by atoms with Crippen molar-refractivity contribution in [2.75, 3.05) is 32.6 Å². The summed E-state index contributed by atoms with van der Waals surface area (Å²) in [4.78, 5) is 15.0. The molecule has 3 heterocycles. The largest absolute Gasteiger partial charge is 0.497 e. The van der Waals surface area contributed by atoms with Crippen molar-refractivity contribution in [3.8, 4) is 17.2 Å². The summed E-state index contributed by atoms with van der Waals surface area (Å²) in [6, 6.07) is 14.1. The highest BCUT2D eigenvalue weighted by molar-refractivity contribution is 5.95. The van der Waals surface area contributed by atoms with Crippen molar-refractivity contribution in [1.29, 1.82) is 0 Å². The van der Waals surface area contributed by atoms with Crippen molar-refractivity contribution < 1.29 is 18.7 Å². The minimum absolute atomic E-state index is 0.0512. The van der Waals surface area contributed by atoms with Crippen molar-refractivity contribution >= 4 is 11.6 Å². The molecule has 0 saturated carbocycles. The number of ether oxygens (including phenoxy) is 2. The molecule has 1 amide bonds. The van der Waals surface area contributed by atoms with Gasteiger partial charge in [0.1, 0.15) is 17.3 Å². The molecular formula is C24H24FN3O3. The smallest absolute Gasteiger partial charge is 0.254 e. The molecule has 1 aromatic heterocycles. The zero-order valence-corrected chi connectivity index (χ0v) is 17.5. The molecule has 0 unspecified atom stereocenters. The fourth-order valence-corrected chi connectivity index (χ4v) is 4.71. The highest BCUT2D eigenvalue weighted by Gasteiger charge is 2.42. The van der Waals surface area contributed by atoms with Gasteiger partial charge in [-0.3, -0.25) is 4.79 Å². The molecule has 0 bridgehead atoms. The van der Waals surface area contributed by atoms with Crippen LogP contribution in [0.4, 0.5) is 10.1 Å². The Bertz CT molecular complexity index is 1130. The lowest BCUT2D eigenvalue weighted by Crippen LogP contribution is -2.51. The quantitative estimate of drug-likeness (QED) is 0.689. The van der Waals surface area contributed by atoms with E-state index in [1.807, 2.05) is 17.2 Å². The third-order valence-corrected chi connectivity index (χ3v) is 6.33. The van der Waals surface area contributed by atoms with E-state index in [0.717, 1.165) is 29.9 Å². The maximum Gasteiger partial charge on any atom is 0.254 e. The van der Waals surface area contributed by atoms with Crippen molar-refractivity contribution in [3.05, 3.63) is 71.8 Å². The van der Waals surface area contributed by atoms with Gasteiger partial charge in [-0.25, -0.2) is 4.39 Å². The van der Waals surface area contributed by atoms with Crippen molar-refractivity contribution in [2.24, 2.45) is 0 Å². The molecule has 3 aromatic rings. The fourth-order valence-electron chi connectivity index (χ4n) is 4.71. The molecule has 2 aliphatic rings. The van der Waals surface area contributed by atoms with Gasteiger partial charge in [-0.2, -0.15) is 0 Å². The third-order valence-electron chi connectivity index (χ3n) is 6.33. The van der Waals surface area contributed by atoms with E-state index in [4.69, 9.17) is 9.47 Å². The predicted molar refractivity (Wildman–Crippen MR) is 116 cm³/mol. The number of benzene rings is 2. The van der Waals surface area contributed by atoms with Gasteiger partial charge < -0.3 is 24.3 Å². The summed E-state index contributed by atoms with van der Waals surface area (Å²) in [6.45, 7) is 1.17. The van der Waals surface area contributed by atoms with E-state index in [1.165, 1.54) is 6.07 Å². The van der Waals surface area contributed by atoms with Crippen LogP contribution in [0.1, 0.15) is 28.9 Å². The number of halogens is 1. The Hall–Kier alpha value is -3.48. The van der Waals surface area contributed by atoms with Gasteiger partial charge >= 0.3 is 0 Å². The van der Waals surface area contributed by atoms with E-state index < -0.39 is 0 Å². The van der Waals surface area contributed by atoms with Gasteiger partial charge in [0.15, 0.2) is 0 Å². The van der Waals surface area contributed by atoms with E-state index in [-0.39, 0.29) is 17.3 Å². The lowest BCUT2D eigenvalue weighted by Gasteiger charge is -2.46. The Morgan fingerprint density at radius 3 is 2.42 bits per heavy atom. The molecule has 2 aliphatic heterocycles. The Labute approximate surface area is 180 Å². The number of anilines is 1. The molecule has 6 nitrogen and oxygen atoms in total. The molecule has 1 saturated heterocycles. The van der Waals surface area contributed by atoms with Crippen molar-refractivity contribution in [2.45, 2.75) is 18.4 Å². The second kappa shape index (κ2) is 7.34. The second-order valence-corrected chi connectivity index (χ2v) is 8.03. The summed E-state index contributed by atoms with van der Waals surface area (Å²) >= 11 is 0. The van der Waals surface area contributed by atoms with Crippen LogP contribution in [0.3, 0.4) is 0 Å². The molecule has 0 radical (unpaired) electrons. The van der Waals surface area contributed by atoms with Crippen LogP contribution < -0.4 is 14.8 Å². The summed E-state index contributed by atoms with van der Waals surface area (Å²) in [5.41, 5.74) is 3.06.